The molecule has 1 amide bonds. The summed E-state index contributed by atoms with van der Waals surface area (Å²) < 4.78 is 0. The molecule has 2 N–H and O–H groups in total. The van der Waals surface area contributed by atoms with Gasteiger partial charge in [0.25, 0.3) is 0 Å². The van der Waals surface area contributed by atoms with Crippen molar-refractivity contribution in [2.24, 2.45) is 0 Å². The highest BCUT2D eigenvalue weighted by molar-refractivity contribution is 5.86. The number of likely N-dealkylation sites (N-methyl/N-ethyl adjacent to an activating group) is 1. The lowest BCUT2D eigenvalue weighted by Crippen LogP contribution is -2.45. The first-order chi connectivity index (χ1) is 10.6. The Kier molecular flexibility index (Phi) is 6.18. The monoisotopic (exact) mass is 307 g/mol. The van der Waals surface area contributed by atoms with E-state index in [1.165, 1.54) is 4.90 Å². The molecule has 1 heterocycles. The van der Waals surface area contributed by atoms with Gasteiger partial charge < -0.3 is 20.0 Å². The number of carbonyl (C=O) groups is 1. The van der Waals surface area contributed by atoms with Crippen molar-refractivity contribution in [2.75, 3.05) is 51.2 Å². The molecular weight excluding hydrogens is 282 g/mol. The van der Waals surface area contributed by atoms with E-state index in [9.17, 15) is 15.0 Å². The molecule has 0 unspecified atom stereocenters. The van der Waals surface area contributed by atoms with E-state index in [2.05, 4.69) is 16.8 Å². The second-order valence-electron chi connectivity index (χ2n) is 5.76. The van der Waals surface area contributed by atoms with E-state index in [0.717, 1.165) is 44.7 Å². The minimum atomic E-state index is -0.950. The van der Waals surface area contributed by atoms with Crippen LogP contribution in [-0.4, -0.2) is 72.4 Å². The minimum Gasteiger partial charge on any atom is -0.465 e. The fourth-order valence-electron chi connectivity index (χ4n) is 2.68. The molecule has 6 heteroatoms. The van der Waals surface area contributed by atoms with Gasteiger partial charge in [-0.2, -0.15) is 0 Å². The van der Waals surface area contributed by atoms with E-state index < -0.39 is 6.09 Å². The third-order valence-electron chi connectivity index (χ3n) is 4.09. The van der Waals surface area contributed by atoms with Crippen LogP contribution in [-0.2, 0) is 6.61 Å². The van der Waals surface area contributed by atoms with Gasteiger partial charge in [-0.3, -0.25) is 4.90 Å². The Balaban J connectivity index is 1.88. The van der Waals surface area contributed by atoms with Crippen LogP contribution in [0.4, 0.5) is 10.5 Å². The summed E-state index contributed by atoms with van der Waals surface area (Å²) in [6, 6.07) is 7.05. The minimum absolute atomic E-state index is 0.0808. The molecule has 122 valence electrons. The number of anilines is 1. The molecule has 1 aliphatic rings. The van der Waals surface area contributed by atoms with Gasteiger partial charge in [-0.1, -0.05) is 12.1 Å². The van der Waals surface area contributed by atoms with Gasteiger partial charge in [0.1, 0.15) is 0 Å². The summed E-state index contributed by atoms with van der Waals surface area (Å²) >= 11 is 0. The number of rotatable bonds is 6. The molecule has 2 rings (SSSR count). The molecule has 0 atom stereocenters. The van der Waals surface area contributed by atoms with E-state index in [1.807, 2.05) is 0 Å². The SMILES string of the molecule is CN1CCN(CCCN(C(=O)O)c2cccc(CO)c2)CC1. The first-order valence-corrected chi connectivity index (χ1v) is 7.71. The van der Waals surface area contributed by atoms with Gasteiger partial charge in [-0.25, -0.2) is 4.79 Å². The van der Waals surface area contributed by atoms with Crippen molar-refractivity contribution < 1.29 is 15.0 Å². The van der Waals surface area contributed by atoms with Gasteiger partial charge in [-0.15, -0.1) is 0 Å². The van der Waals surface area contributed by atoms with Gasteiger partial charge in [-0.05, 0) is 37.7 Å². The van der Waals surface area contributed by atoms with Crippen LogP contribution in [0.1, 0.15) is 12.0 Å². The number of aliphatic hydroxyl groups is 1. The molecule has 1 fully saturated rings. The molecule has 1 saturated heterocycles. The molecule has 0 saturated carbocycles. The average molecular weight is 307 g/mol. The normalized spacial score (nSPS) is 16.6. The van der Waals surface area contributed by atoms with Crippen LogP contribution >= 0.6 is 0 Å². The maximum Gasteiger partial charge on any atom is 0.411 e. The van der Waals surface area contributed by atoms with Gasteiger partial charge in [0.05, 0.1) is 6.61 Å². The Morgan fingerprint density at radius 1 is 1.27 bits per heavy atom. The zero-order valence-electron chi connectivity index (χ0n) is 13.1. The maximum atomic E-state index is 11.5. The molecular formula is C16H25N3O3. The van der Waals surface area contributed by atoms with Crippen LogP contribution in [0.15, 0.2) is 24.3 Å². The lowest BCUT2D eigenvalue weighted by molar-refractivity contribution is 0.153. The summed E-state index contributed by atoms with van der Waals surface area (Å²) in [5.74, 6) is 0. The van der Waals surface area contributed by atoms with Crippen LogP contribution in [0, 0.1) is 0 Å². The van der Waals surface area contributed by atoms with Crippen LogP contribution in [0.25, 0.3) is 0 Å². The van der Waals surface area contributed by atoms with Gasteiger partial charge >= 0.3 is 6.09 Å². The summed E-state index contributed by atoms with van der Waals surface area (Å²) in [4.78, 5) is 17.5. The Hall–Kier alpha value is -1.63. The second-order valence-corrected chi connectivity index (χ2v) is 5.76. The van der Waals surface area contributed by atoms with Crippen LogP contribution in [0.2, 0.25) is 0 Å². The first-order valence-electron chi connectivity index (χ1n) is 7.71. The first kappa shape index (κ1) is 16.7. The predicted molar refractivity (Wildman–Crippen MR) is 86.3 cm³/mol. The molecule has 1 aromatic rings. The van der Waals surface area contributed by atoms with Crippen molar-refractivity contribution in [2.45, 2.75) is 13.0 Å². The number of piperazine rings is 1. The zero-order chi connectivity index (χ0) is 15.9. The van der Waals surface area contributed by atoms with Gasteiger partial charge in [0, 0.05) is 38.4 Å². The Bertz CT molecular complexity index is 487. The van der Waals surface area contributed by atoms with Crippen LogP contribution in [0.5, 0.6) is 0 Å². The van der Waals surface area contributed by atoms with Crippen molar-refractivity contribution in [3.63, 3.8) is 0 Å². The van der Waals surface area contributed by atoms with Crippen LogP contribution < -0.4 is 4.90 Å². The van der Waals surface area contributed by atoms with E-state index in [0.29, 0.717) is 12.2 Å². The molecule has 0 spiro atoms. The standard InChI is InChI=1S/C16H25N3O3/c1-17-8-10-18(11-9-17)6-3-7-19(16(21)22)15-5-2-4-14(12-15)13-20/h2,4-5,12,20H,3,6-11,13H2,1H3,(H,21,22). The fourth-order valence-corrected chi connectivity index (χ4v) is 2.68. The molecule has 6 nitrogen and oxygen atoms in total. The number of aliphatic hydroxyl groups excluding tert-OH is 1. The third kappa shape index (κ3) is 4.69. The summed E-state index contributed by atoms with van der Waals surface area (Å²) in [6.45, 7) is 5.53. The van der Waals surface area contributed by atoms with Crippen molar-refractivity contribution in [3.05, 3.63) is 29.8 Å². The van der Waals surface area contributed by atoms with E-state index in [4.69, 9.17) is 0 Å². The summed E-state index contributed by atoms with van der Waals surface area (Å²) in [5.41, 5.74) is 1.35. The van der Waals surface area contributed by atoms with Gasteiger partial charge in [0.15, 0.2) is 0 Å². The number of nitrogens with zero attached hydrogens (tertiary/aromatic N) is 3. The largest absolute Gasteiger partial charge is 0.465 e. The molecule has 1 aliphatic heterocycles. The van der Waals surface area contributed by atoms with Crippen LogP contribution in [0.3, 0.4) is 0 Å². The highest BCUT2D eigenvalue weighted by Gasteiger charge is 2.17. The summed E-state index contributed by atoms with van der Waals surface area (Å²) in [7, 11) is 2.12. The highest BCUT2D eigenvalue weighted by Crippen LogP contribution is 2.17. The van der Waals surface area contributed by atoms with E-state index >= 15 is 0 Å². The summed E-state index contributed by atoms with van der Waals surface area (Å²) in [5, 5.41) is 18.6. The second kappa shape index (κ2) is 8.12. The highest BCUT2D eigenvalue weighted by atomic mass is 16.4. The van der Waals surface area contributed by atoms with Gasteiger partial charge in [0.2, 0.25) is 0 Å². The van der Waals surface area contributed by atoms with Crippen molar-refractivity contribution in [1.29, 1.82) is 0 Å². The number of carboxylic acid groups (broad SMARTS) is 1. The average Bonchev–Trinajstić information content (AvgIpc) is 2.53. The Labute approximate surface area is 131 Å². The molecule has 22 heavy (non-hydrogen) atoms. The number of hydrogen-bond acceptors (Lipinski definition) is 4. The lowest BCUT2D eigenvalue weighted by Gasteiger charge is -2.32. The lowest BCUT2D eigenvalue weighted by atomic mass is 10.2. The Morgan fingerprint density at radius 3 is 2.64 bits per heavy atom. The predicted octanol–water partition coefficient (Wildman–Crippen LogP) is 1.30. The third-order valence-corrected chi connectivity index (χ3v) is 4.09. The van der Waals surface area contributed by atoms with Crippen molar-refractivity contribution in [1.82, 2.24) is 9.80 Å². The van der Waals surface area contributed by atoms with E-state index in [-0.39, 0.29) is 6.61 Å². The summed E-state index contributed by atoms with van der Waals surface area (Å²) in [6.07, 6.45) is -0.146. The molecule has 1 aromatic carbocycles. The Morgan fingerprint density at radius 2 is 2.00 bits per heavy atom. The number of amides is 1. The fraction of sp³-hybridized carbons (Fsp3) is 0.562. The topological polar surface area (TPSA) is 67.2 Å². The zero-order valence-corrected chi connectivity index (χ0v) is 13.1. The molecule has 0 aliphatic carbocycles. The molecule has 0 aromatic heterocycles. The number of hydrogen-bond donors (Lipinski definition) is 2. The van der Waals surface area contributed by atoms with Crippen molar-refractivity contribution in [3.8, 4) is 0 Å². The van der Waals surface area contributed by atoms with Crippen molar-refractivity contribution >= 4 is 11.8 Å². The molecule has 0 radical (unpaired) electrons. The quantitative estimate of drug-likeness (QED) is 0.829. The maximum absolute atomic E-state index is 11.5. The van der Waals surface area contributed by atoms with E-state index in [1.54, 1.807) is 24.3 Å². The number of benzene rings is 1. The smallest absolute Gasteiger partial charge is 0.411 e. The molecule has 0 bridgehead atoms.